The third-order valence-corrected chi connectivity index (χ3v) is 15.2. The van der Waals surface area contributed by atoms with Crippen LogP contribution in [0.1, 0.15) is 108 Å². The van der Waals surface area contributed by atoms with Crippen LogP contribution in [0.4, 0.5) is 0 Å². The molecule has 1 heterocycles. The molecule has 3 saturated carbocycles. The molecular formula is C38H61NO7. The zero-order chi connectivity index (χ0) is 34.4. The average molecular weight is 644 g/mol. The van der Waals surface area contributed by atoms with E-state index in [-0.39, 0.29) is 35.4 Å². The highest BCUT2D eigenvalue weighted by Gasteiger charge is 2.74. The van der Waals surface area contributed by atoms with Crippen LogP contribution in [-0.4, -0.2) is 60.4 Å². The van der Waals surface area contributed by atoms with Crippen molar-refractivity contribution in [1.29, 1.82) is 0 Å². The molecular weight excluding hydrogens is 582 g/mol. The summed E-state index contributed by atoms with van der Waals surface area (Å²) in [7, 11) is 0. The normalized spacial score (nSPS) is 45.6. The minimum absolute atomic E-state index is 0.0295. The van der Waals surface area contributed by atoms with E-state index >= 15 is 0 Å². The first-order chi connectivity index (χ1) is 21.1. The fraction of sp³-hybridized carbons (Fsp3) is 0.868. The molecule has 2 bridgehead atoms. The van der Waals surface area contributed by atoms with E-state index in [1.165, 1.54) is 6.92 Å². The van der Waals surface area contributed by atoms with Gasteiger partial charge in [0.2, 0.25) is 0 Å². The van der Waals surface area contributed by atoms with Crippen LogP contribution in [0.15, 0.2) is 11.6 Å². The first-order valence-electron chi connectivity index (χ1n) is 17.8. The van der Waals surface area contributed by atoms with Crippen molar-refractivity contribution < 1.29 is 33.7 Å². The Bertz CT molecular complexity index is 1290. The summed E-state index contributed by atoms with van der Waals surface area (Å²) in [5.74, 6) is -1.28. The Labute approximate surface area is 276 Å². The van der Waals surface area contributed by atoms with Gasteiger partial charge in [-0.1, -0.05) is 67.9 Å². The van der Waals surface area contributed by atoms with Gasteiger partial charge in [0.15, 0.2) is 5.78 Å². The lowest BCUT2D eigenvalue weighted by molar-refractivity contribution is -0.268. The Kier molecular flexibility index (Phi) is 8.81. The molecule has 1 aliphatic heterocycles. The van der Waals surface area contributed by atoms with E-state index in [1.807, 2.05) is 19.9 Å². The van der Waals surface area contributed by atoms with Gasteiger partial charge in [0.1, 0.15) is 12.2 Å². The number of carbonyl (C=O) groups is 3. The van der Waals surface area contributed by atoms with Crippen LogP contribution in [0.25, 0.3) is 0 Å². The molecule has 5 aliphatic rings. The molecule has 0 aromatic heterocycles. The van der Waals surface area contributed by atoms with Gasteiger partial charge in [-0.2, -0.15) is 0 Å². The number of rotatable bonds is 8. The largest absolute Gasteiger partial charge is 0.481 e. The van der Waals surface area contributed by atoms with Gasteiger partial charge in [0.05, 0.1) is 25.7 Å². The van der Waals surface area contributed by atoms with E-state index in [4.69, 9.17) is 19.9 Å². The van der Waals surface area contributed by atoms with E-state index in [2.05, 4.69) is 55.4 Å². The van der Waals surface area contributed by atoms with E-state index < -0.39 is 56.7 Å². The molecule has 4 aliphatic carbocycles. The first kappa shape index (κ1) is 35.5. The molecule has 0 spiro atoms. The Morgan fingerprint density at radius 1 is 1.09 bits per heavy atom. The molecule has 0 amide bonds. The van der Waals surface area contributed by atoms with Crippen LogP contribution in [0.5, 0.6) is 0 Å². The fourth-order valence-corrected chi connectivity index (χ4v) is 11.4. The minimum Gasteiger partial charge on any atom is -0.481 e. The number of fused-ring (bicyclic) bond motifs is 3. The lowest BCUT2D eigenvalue weighted by Crippen LogP contribution is -2.71. The van der Waals surface area contributed by atoms with E-state index in [1.54, 1.807) is 0 Å². The van der Waals surface area contributed by atoms with Gasteiger partial charge < -0.3 is 25.1 Å². The minimum atomic E-state index is -1.05. The SMILES string of the molecule is CC(=O)O[C@@H]1C[C@@]23COC[C@@](C)([C@@H]2CC[C@H]2C3=CC(=O)[C@@]3(C)[C@H](C(=O)O)[C@@](C)([C@H](C)C(C)C)CC[C@]23C)[C@H]1OCC(C)(N)C(C)C. The maximum atomic E-state index is 14.8. The Balaban J connectivity index is 1.62. The number of aliphatic carboxylic acids is 1. The van der Waals surface area contributed by atoms with E-state index in [0.717, 1.165) is 31.3 Å². The second kappa shape index (κ2) is 11.4. The summed E-state index contributed by atoms with van der Waals surface area (Å²) in [4.78, 5) is 40.7. The molecule has 1 unspecified atom stereocenters. The van der Waals surface area contributed by atoms with Crippen molar-refractivity contribution in [2.75, 3.05) is 19.8 Å². The molecule has 0 aromatic rings. The molecule has 46 heavy (non-hydrogen) atoms. The molecule has 4 fully saturated rings. The summed E-state index contributed by atoms with van der Waals surface area (Å²) in [5.41, 5.74) is 4.10. The highest BCUT2D eigenvalue weighted by Crippen LogP contribution is 2.74. The molecule has 260 valence electrons. The first-order valence-corrected chi connectivity index (χ1v) is 17.8. The van der Waals surface area contributed by atoms with Crippen molar-refractivity contribution in [3.63, 3.8) is 0 Å². The smallest absolute Gasteiger partial charge is 0.308 e. The van der Waals surface area contributed by atoms with Gasteiger partial charge in [-0.15, -0.1) is 0 Å². The molecule has 8 nitrogen and oxygen atoms in total. The van der Waals surface area contributed by atoms with E-state index in [0.29, 0.717) is 32.2 Å². The summed E-state index contributed by atoms with van der Waals surface area (Å²) in [6, 6.07) is 0. The number of carbonyl (C=O) groups excluding carboxylic acids is 2. The number of esters is 1. The van der Waals surface area contributed by atoms with Gasteiger partial charge in [-0.3, -0.25) is 14.4 Å². The third-order valence-electron chi connectivity index (χ3n) is 15.2. The zero-order valence-corrected chi connectivity index (χ0v) is 30.3. The monoisotopic (exact) mass is 643 g/mol. The van der Waals surface area contributed by atoms with Crippen molar-refractivity contribution >= 4 is 17.7 Å². The number of allylic oxidation sites excluding steroid dienone is 1. The molecule has 0 aromatic carbocycles. The lowest BCUT2D eigenvalue weighted by atomic mass is 9.34. The van der Waals surface area contributed by atoms with Crippen molar-refractivity contribution in [3.8, 4) is 0 Å². The number of carboxylic acids is 1. The van der Waals surface area contributed by atoms with Crippen LogP contribution < -0.4 is 5.73 Å². The van der Waals surface area contributed by atoms with Crippen molar-refractivity contribution in [2.24, 2.45) is 68.3 Å². The average Bonchev–Trinajstić information content (AvgIpc) is 2.93. The molecule has 8 heteroatoms. The fourth-order valence-electron chi connectivity index (χ4n) is 11.4. The van der Waals surface area contributed by atoms with Crippen LogP contribution in [-0.2, 0) is 28.6 Å². The molecule has 12 atom stereocenters. The Hall–Kier alpha value is -1.77. The van der Waals surface area contributed by atoms with Gasteiger partial charge in [0.25, 0.3) is 0 Å². The second-order valence-corrected chi connectivity index (χ2v) is 18.0. The topological polar surface area (TPSA) is 125 Å². The van der Waals surface area contributed by atoms with Crippen molar-refractivity contribution in [1.82, 2.24) is 0 Å². The van der Waals surface area contributed by atoms with Gasteiger partial charge in [-0.25, -0.2) is 0 Å². The van der Waals surface area contributed by atoms with Crippen LogP contribution in [0, 0.1) is 62.6 Å². The van der Waals surface area contributed by atoms with Gasteiger partial charge in [0, 0.05) is 28.7 Å². The second-order valence-electron chi connectivity index (χ2n) is 18.0. The molecule has 0 radical (unpaired) electrons. The maximum Gasteiger partial charge on any atom is 0.308 e. The number of carboxylic acid groups (broad SMARTS) is 1. The summed E-state index contributed by atoms with van der Waals surface area (Å²) in [5, 5.41) is 10.9. The predicted molar refractivity (Wildman–Crippen MR) is 177 cm³/mol. The standard InChI is InChI=1S/C38H61NO7/c1-21(2)23(5)33(7)14-15-35(9)25-12-13-28-34(8)18-44-20-38(28,26(25)16-29(41)37(35,11)30(33)32(42)43)17-27(46-24(6)40)31(34)45-19-36(10,39)22(3)4/h16,21-23,25,27-28,30-31H,12-15,17-20,39H2,1-11H3,(H,42,43)/t23-,25+,27-,28+,30-,31+,33-,34+,35-,36?,37+,38+/m1/s1. The van der Waals surface area contributed by atoms with Gasteiger partial charge >= 0.3 is 11.9 Å². The Morgan fingerprint density at radius 2 is 1.74 bits per heavy atom. The highest BCUT2D eigenvalue weighted by atomic mass is 16.6. The number of nitrogens with two attached hydrogens (primary N) is 1. The maximum absolute atomic E-state index is 14.8. The van der Waals surface area contributed by atoms with Crippen LogP contribution in [0.2, 0.25) is 0 Å². The highest BCUT2D eigenvalue weighted by molar-refractivity contribution is 6.00. The van der Waals surface area contributed by atoms with Crippen LogP contribution >= 0.6 is 0 Å². The number of hydrogen-bond donors (Lipinski definition) is 2. The van der Waals surface area contributed by atoms with E-state index in [9.17, 15) is 19.5 Å². The van der Waals surface area contributed by atoms with Crippen LogP contribution in [0.3, 0.4) is 0 Å². The zero-order valence-electron chi connectivity index (χ0n) is 30.3. The van der Waals surface area contributed by atoms with Crippen molar-refractivity contribution in [3.05, 3.63) is 11.6 Å². The molecule has 1 saturated heterocycles. The number of ether oxygens (including phenoxy) is 3. The quantitative estimate of drug-likeness (QED) is 0.290. The lowest BCUT2D eigenvalue weighted by Gasteiger charge is -2.70. The summed E-state index contributed by atoms with van der Waals surface area (Å²) < 4.78 is 19.3. The molecule has 5 rings (SSSR count). The number of ketones is 1. The summed E-state index contributed by atoms with van der Waals surface area (Å²) >= 11 is 0. The third kappa shape index (κ3) is 4.80. The van der Waals surface area contributed by atoms with Gasteiger partial charge in [-0.05, 0) is 85.5 Å². The Morgan fingerprint density at radius 3 is 2.30 bits per heavy atom. The summed E-state index contributed by atoms with van der Waals surface area (Å²) in [6.07, 6.45) is 4.77. The molecule has 3 N–H and O–H groups in total. The predicted octanol–water partition coefficient (Wildman–Crippen LogP) is 6.44. The summed E-state index contributed by atoms with van der Waals surface area (Å²) in [6.45, 7) is 23.8. The van der Waals surface area contributed by atoms with Crippen molar-refractivity contribution in [2.45, 2.75) is 126 Å². The number of hydrogen-bond acceptors (Lipinski definition) is 7.